The normalized spacial score (nSPS) is 17.4. The quantitative estimate of drug-likeness (QED) is 0.420. The minimum atomic E-state index is -0.0173. The molecule has 0 saturated carbocycles. The fraction of sp³-hybridized carbons (Fsp3) is 0.458. The molecule has 1 atom stereocenters. The van der Waals surface area contributed by atoms with E-state index in [0.29, 0.717) is 23.6 Å². The predicted octanol–water partition coefficient (Wildman–Crippen LogP) is 4.98. The van der Waals surface area contributed by atoms with Gasteiger partial charge in [-0.15, -0.1) is 11.3 Å². The van der Waals surface area contributed by atoms with Crippen LogP contribution in [-0.4, -0.2) is 28.4 Å². The van der Waals surface area contributed by atoms with Gasteiger partial charge in [-0.3, -0.25) is 4.79 Å². The van der Waals surface area contributed by atoms with Crippen LogP contribution in [0.25, 0.3) is 10.2 Å². The summed E-state index contributed by atoms with van der Waals surface area (Å²) in [5, 5.41) is 5.07. The summed E-state index contributed by atoms with van der Waals surface area (Å²) in [4.78, 5) is 24.1. The molecule has 1 aromatic carbocycles. The van der Waals surface area contributed by atoms with Crippen molar-refractivity contribution in [1.29, 1.82) is 0 Å². The van der Waals surface area contributed by atoms with Gasteiger partial charge in [-0.1, -0.05) is 38.6 Å². The first-order valence-corrected chi connectivity index (χ1v) is 12.7. The highest BCUT2D eigenvalue weighted by atomic mass is 32.2. The molecule has 168 valence electrons. The van der Waals surface area contributed by atoms with E-state index in [-0.39, 0.29) is 12.7 Å². The standard InChI is InChI=1S/C24H27N3O3S2/c1-24(2,3)15-5-6-16-19(9-15)32-23-21(16)22(26-12-27-23)31-11-20(28)25-10-14-4-7-17-18(8-14)30-13-29-17/h4,7-8,12,15H,5-6,9-11,13H2,1-3H3,(H,25,28)/t15-/m1/s1. The molecule has 0 radical (unpaired) electrons. The van der Waals surface area contributed by atoms with Crippen molar-refractivity contribution in [3.8, 4) is 11.5 Å². The summed E-state index contributed by atoms with van der Waals surface area (Å²) in [6.45, 7) is 7.70. The minimum Gasteiger partial charge on any atom is -0.454 e. The van der Waals surface area contributed by atoms with Crippen molar-refractivity contribution in [3.05, 3.63) is 40.5 Å². The SMILES string of the molecule is CC(C)(C)[C@@H]1CCc2c(sc3ncnc(SCC(=O)NCc4ccc5c(c4)OCO5)c23)C1. The Morgan fingerprint density at radius 2 is 2.09 bits per heavy atom. The number of nitrogens with one attached hydrogen (secondary N) is 1. The summed E-state index contributed by atoms with van der Waals surface area (Å²) in [6, 6.07) is 5.73. The van der Waals surface area contributed by atoms with E-state index in [1.165, 1.54) is 28.6 Å². The monoisotopic (exact) mass is 469 g/mol. The van der Waals surface area contributed by atoms with Crippen LogP contribution in [0.5, 0.6) is 11.5 Å². The van der Waals surface area contributed by atoms with E-state index in [1.807, 2.05) is 18.2 Å². The number of thiophene rings is 1. The maximum absolute atomic E-state index is 12.5. The van der Waals surface area contributed by atoms with Crippen LogP contribution in [0.4, 0.5) is 0 Å². The van der Waals surface area contributed by atoms with Gasteiger partial charge in [0.1, 0.15) is 16.2 Å². The molecular weight excluding hydrogens is 442 g/mol. The number of carbonyl (C=O) groups is 1. The number of thioether (sulfide) groups is 1. The van der Waals surface area contributed by atoms with Gasteiger partial charge in [0.05, 0.1) is 5.75 Å². The molecule has 5 rings (SSSR count). The van der Waals surface area contributed by atoms with E-state index < -0.39 is 0 Å². The number of aryl methyl sites for hydroxylation is 1. The molecule has 6 nitrogen and oxygen atoms in total. The number of amides is 1. The Labute approximate surface area is 196 Å². The van der Waals surface area contributed by atoms with Crippen LogP contribution in [0.3, 0.4) is 0 Å². The topological polar surface area (TPSA) is 73.3 Å². The van der Waals surface area contributed by atoms with Crippen molar-refractivity contribution in [3.63, 3.8) is 0 Å². The lowest BCUT2D eigenvalue weighted by Gasteiger charge is -2.33. The molecule has 2 aromatic heterocycles. The fourth-order valence-electron chi connectivity index (χ4n) is 4.37. The number of hydrogen-bond donors (Lipinski definition) is 1. The van der Waals surface area contributed by atoms with Gasteiger partial charge in [0, 0.05) is 16.8 Å². The highest BCUT2D eigenvalue weighted by Crippen LogP contribution is 2.44. The molecule has 0 saturated heterocycles. The number of ether oxygens (including phenoxy) is 2. The molecule has 1 aliphatic heterocycles. The molecule has 32 heavy (non-hydrogen) atoms. The molecule has 2 aliphatic rings. The number of nitrogens with zero attached hydrogens (tertiary/aromatic N) is 2. The Hall–Kier alpha value is -2.32. The zero-order valence-corrected chi connectivity index (χ0v) is 20.2. The van der Waals surface area contributed by atoms with Crippen LogP contribution in [0.15, 0.2) is 29.6 Å². The van der Waals surface area contributed by atoms with Gasteiger partial charge >= 0.3 is 0 Å². The lowest BCUT2D eigenvalue weighted by atomic mass is 9.72. The summed E-state index contributed by atoms with van der Waals surface area (Å²) in [5.41, 5.74) is 2.69. The maximum Gasteiger partial charge on any atom is 0.231 e. The first kappa shape index (κ1) is 21.5. The van der Waals surface area contributed by atoms with Crippen LogP contribution >= 0.6 is 23.1 Å². The van der Waals surface area contributed by atoms with Crippen molar-refractivity contribution >= 4 is 39.2 Å². The van der Waals surface area contributed by atoms with E-state index in [4.69, 9.17) is 9.47 Å². The Morgan fingerprint density at radius 3 is 2.94 bits per heavy atom. The van der Waals surface area contributed by atoms with Crippen molar-refractivity contribution in [2.75, 3.05) is 12.5 Å². The van der Waals surface area contributed by atoms with Crippen molar-refractivity contribution in [1.82, 2.24) is 15.3 Å². The number of fused-ring (bicyclic) bond motifs is 4. The molecule has 1 N–H and O–H groups in total. The fourth-order valence-corrected chi connectivity index (χ4v) is 6.55. The first-order valence-electron chi connectivity index (χ1n) is 10.9. The molecule has 0 fully saturated rings. The molecule has 3 aromatic rings. The summed E-state index contributed by atoms with van der Waals surface area (Å²) in [5.74, 6) is 2.47. The average molecular weight is 470 g/mol. The largest absolute Gasteiger partial charge is 0.454 e. The van der Waals surface area contributed by atoms with Crippen LogP contribution in [0.1, 0.15) is 43.2 Å². The second-order valence-electron chi connectivity index (χ2n) is 9.42. The van der Waals surface area contributed by atoms with Gasteiger partial charge in [-0.25, -0.2) is 9.97 Å². The van der Waals surface area contributed by atoms with Gasteiger partial charge in [0.2, 0.25) is 12.7 Å². The molecule has 0 bridgehead atoms. The molecule has 8 heteroatoms. The number of hydrogen-bond acceptors (Lipinski definition) is 7. The molecule has 1 amide bonds. The predicted molar refractivity (Wildman–Crippen MR) is 128 cm³/mol. The Balaban J connectivity index is 1.25. The van der Waals surface area contributed by atoms with Gasteiger partial charge in [0.25, 0.3) is 0 Å². The van der Waals surface area contributed by atoms with Crippen LogP contribution in [-0.2, 0) is 24.2 Å². The number of carbonyl (C=O) groups excluding carboxylic acids is 1. The van der Waals surface area contributed by atoms with E-state index in [9.17, 15) is 4.79 Å². The molecule has 1 aliphatic carbocycles. The highest BCUT2D eigenvalue weighted by Gasteiger charge is 2.31. The van der Waals surface area contributed by atoms with Gasteiger partial charge in [0.15, 0.2) is 11.5 Å². The molecular formula is C24H27N3O3S2. The van der Waals surface area contributed by atoms with Gasteiger partial charge in [-0.05, 0) is 53.9 Å². The van der Waals surface area contributed by atoms with Crippen molar-refractivity contribution in [2.24, 2.45) is 11.3 Å². The second-order valence-corrected chi connectivity index (χ2v) is 11.5. The maximum atomic E-state index is 12.5. The van der Waals surface area contributed by atoms with Crippen molar-refractivity contribution < 1.29 is 14.3 Å². The molecule has 0 unspecified atom stereocenters. The Morgan fingerprint density at radius 1 is 1.25 bits per heavy atom. The van der Waals surface area contributed by atoms with E-state index >= 15 is 0 Å². The zero-order valence-electron chi connectivity index (χ0n) is 18.6. The second kappa shape index (κ2) is 8.56. The summed E-state index contributed by atoms with van der Waals surface area (Å²) >= 11 is 3.29. The van der Waals surface area contributed by atoms with Crippen LogP contribution in [0.2, 0.25) is 0 Å². The number of aromatic nitrogens is 2. The minimum absolute atomic E-state index is 0.0173. The Kier molecular flexibility index (Phi) is 5.75. The highest BCUT2D eigenvalue weighted by molar-refractivity contribution is 8.00. The van der Waals surface area contributed by atoms with E-state index in [2.05, 4.69) is 36.1 Å². The van der Waals surface area contributed by atoms with Crippen molar-refractivity contribution in [2.45, 2.75) is 51.6 Å². The lowest BCUT2D eigenvalue weighted by molar-refractivity contribution is -0.118. The summed E-state index contributed by atoms with van der Waals surface area (Å²) < 4.78 is 10.7. The third kappa shape index (κ3) is 4.30. The number of rotatable bonds is 5. The summed E-state index contributed by atoms with van der Waals surface area (Å²) in [6.07, 6.45) is 4.99. The third-order valence-electron chi connectivity index (χ3n) is 6.30. The van der Waals surface area contributed by atoms with Crippen LogP contribution < -0.4 is 14.8 Å². The van der Waals surface area contributed by atoms with E-state index in [1.54, 1.807) is 17.7 Å². The smallest absolute Gasteiger partial charge is 0.231 e. The third-order valence-corrected chi connectivity index (χ3v) is 8.45. The average Bonchev–Trinajstić information content (AvgIpc) is 3.39. The zero-order chi connectivity index (χ0) is 22.3. The Bertz CT molecular complexity index is 1170. The van der Waals surface area contributed by atoms with Crippen LogP contribution in [0, 0.1) is 11.3 Å². The molecule has 0 spiro atoms. The van der Waals surface area contributed by atoms with Gasteiger partial charge < -0.3 is 14.8 Å². The number of benzene rings is 1. The molecule has 3 heterocycles. The van der Waals surface area contributed by atoms with Gasteiger partial charge in [-0.2, -0.15) is 0 Å². The summed E-state index contributed by atoms with van der Waals surface area (Å²) in [7, 11) is 0. The van der Waals surface area contributed by atoms with E-state index in [0.717, 1.165) is 45.1 Å². The lowest BCUT2D eigenvalue weighted by Crippen LogP contribution is -2.26. The first-order chi connectivity index (χ1) is 15.4.